The van der Waals surface area contributed by atoms with E-state index in [-0.39, 0.29) is 38.1 Å². The second-order valence-corrected chi connectivity index (χ2v) is 15.2. The number of likely N-dealkylation sites (tertiary alicyclic amines) is 1. The lowest BCUT2D eigenvalue weighted by Crippen LogP contribution is -2.54. The number of nitrogens with two attached hydrogens (primary N) is 1. The van der Waals surface area contributed by atoms with Crippen molar-refractivity contribution in [1.82, 2.24) is 15.5 Å². The van der Waals surface area contributed by atoms with E-state index in [0.29, 0.717) is 12.0 Å². The number of rotatable bonds is 17. The van der Waals surface area contributed by atoms with Gasteiger partial charge in [0, 0.05) is 38.1 Å². The first kappa shape index (κ1) is 42.0. The topological polar surface area (TPSA) is 191 Å². The Balaban J connectivity index is 2.20. The van der Waals surface area contributed by atoms with E-state index in [1.165, 1.54) is 4.90 Å². The fraction of sp³-hybridized carbons (Fsp3) is 0.649. The normalized spacial score (nSPS) is 18.2. The van der Waals surface area contributed by atoms with Crippen LogP contribution in [-0.4, -0.2) is 82.0 Å². The van der Waals surface area contributed by atoms with Crippen LogP contribution in [0.5, 0.6) is 0 Å². The minimum atomic E-state index is -1.10. The molecule has 4 amide bonds. The summed E-state index contributed by atoms with van der Waals surface area (Å²) in [6.07, 6.45) is -1.37. The Labute approximate surface area is 295 Å². The van der Waals surface area contributed by atoms with Crippen molar-refractivity contribution in [1.29, 1.82) is 0 Å². The molecule has 5 atom stereocenters. The summed E-state index contributed by atoms with van der Waals surface area (Å²) >= 11 is 0. The predicted octanol–water partition coefficient (Wildman–Crippen LogP) is 3.96. The monoisotopic (exact) mass is 700 g/mol. The third kappa shape index (κ3) is 13.3. The van der Waals surface area contributed by atoms with Crippen molar-refractivity contribution < 1.29 is 43.0 Å². The highest BCUT2D eigenvalue weighted by atomic mass is 16.6. The van der Waals surface area contributed by atoms with Crippen LogP contribution >= 0.6 is 0 Å². The van der Waals surface area contributed by atoms with E-state index in [4.69, 9.17) is 15.2 Å². The highest BCUT2D eigenvalue weighted by molar-refractivity contribution is 6.38. The van der Waals surface area contributed by atoms with E-state index in [1.807, 2.05) is 27.7 Å². The van der Waals surface area contributed by atoms with Gasteiger partial charge in [-0.1, -0.05) is 57.5 Å². The third-order valence-corrected chi connectivity index (χ3v) is 8.07. The fourth-order valence-corrected chi connectivity index (χ4v) is 5.89. The first-order valence-electron chi connectivity index (χ1n) is 17.3. The van der Waals surface area contributed by atoms with Gasteiger partial charge in [0.15, 0.2) is 11.6 Å². The summed E-state index contributed by atoms with van der Waals surface area (Å²) in [5.41, 5.74) is 4.59. The molecule has 1 aliphatic heterocycles. The molecule has 0 saturated carbocycles. The zero-order valence-corrected chi connectivity index (χ0v) is 31.0. The van der Waals surface area contributed by atoms with Crippen LogP contribution < -0.4 is 16.4 Å². The molecule has 0 radical (unpaired) electrons. The lowest BCUT2D eigenvalue weighted by Gasteiger charge is -2.31. The van der Waals surface area contributed by atoms with Gasteiger partial charge in [0.1, 0.15) is 17.7 Å². The number of primary amides is 1. The molecule has 1 aliphatic rings. The van der Waals surface area contributed by atoms with E-state index < -0.39 is 88.9 Å². The largest absolute Gasteiger partial charge is 0.444 e. The van der Waals surface area contributed by atoms with Gasteiger partial charge in [0.05, 0.1) is 17.7 Å². The smallest absolute Gasteiger partial charge is 0.408 e. The van der Waals surface area contributed by atoms with Crippen LogP contribution in [0.25, 0.3) is 0 Å². The van der Waals surface area contributed by atoms with E-state index in [2.05, 4.69) is 10.6 Å². The Hall–Kier alpha value is -4.13. The summed E-state index contributed by atoms with van der Waals surface area (Å²) in [6.45, 7) is 16.2. The average Bonchev–Trinajstić information content (AvgIpc) is 3.42. The molecule has 1 unspecified atom stereocenters. The van der Waals surface area contributed by atoms with E-state index >= 15 is 0 Å². The number of Topliss-reactive ketones (excluding diaryl/α,β-unsaturated/α-hetero) is 3. The van der Waals surface area contributed by atoms with Gasteiger partial charge in [-0.2, -0.15) is 0 Å². The van der Waals surface area contributed by atoms with Crippen molar-refractivity contribution in [3.8, 4) is 0 Å². The van der Waals surface area contributed by atoms with Crippen LogP contribution in [0.2, 0.25) is 0 Å². The Morgan fingerprint density at radius 2 is 1.54 bits per heavy atom. The number of hydrogen-bond acceptors (Lipinski definition) is 9. The van der Waals surface area contributed by atoms with Crippen molar-refractivity contribution in [2.45, 2.75) is 136 Å². The molecule has 1 heterocycles. The van der Waals surface area contributed by atoms with Crippen molar-refractivity contribution in [3.05, 3.63) is 35.9 Å². The van der Waals surface area contributed by atoms with Crippen molar-refractivity contribution in [2.24, 2.45) is 17.6 Å². The molecule has 13 nitrogen and oxygen atoms in total. The lowest BCUT2D eigenvalue weighted by atomic mass is 9.87. The minimum Gasteiger partial charge on any atom is -0.444 e. The number of benzene rings is 1. The van der Waals surface area contributed by atoms with Crippen LogP contribution in [-0.2, 0) is 38.2 Å². The van der Waals surface area contributed by atoms with Crippen LogP contribution in [0, 0.1) is 11.8 Å². The molecule has 1 fully saturated rings. The van der Waals surface area contributed by atoms with Crippen LogP contribution in [0.15, 0.2) is 30.3 Å². The Kier molecular flexibility index (Phi) is 15.3. The molecule has 0 spiro atoms. The Morgan fingerprint density at radius 3 is 2.06 bits per heavy atom. The highest BCUT2D eigenvalue weighted by Crippen LogP contribution is 2.29. The first-order chi connectivity index (χ1) is 23.1. The molecule has 50 heavy (non-hydrogen) atoms. The van der Waals surface area contributed by atoms with E-state index in [1.54, 1.807) is 65.0 Å². The van der Waals surface area contributed by atoms with Crippen molar-refractivity contribution in [3.63, 3.8) is 0 Å². The quantitative estimate of drug-likeness (QED) is 0.202. The number of amides is 4. The molecule has 0 aliphatic carbocycles. The van der Waals surface area contributed by atoms with Crippen LogP contribution in [0.1, 0.15) is 112 Å². The summed E-state index contributed by atoms with van der Waals surface area (Å²) in [6, 6.07) is 5.35. The standard InChI is InChI=1S/C37H56N4O9/c1-10-14-24(32(45)27(42)17-18-29(44)39-31(33(38)46)23-15-12-11-13-16-23)19-28(43)26-20-25(49-36(4,5)6)21-41(26)34(47)30(22(2)3)40-35(48)50-37(7,8)9/h11-13,15-16,22,24-26,30-31H,10,14,17-21H2,1-9H3,(H2,38,46)(H,39,44)(H,40,48)/t24?,25-,26+,30+,31+/m1/s1. The molecule has 1 aromatic carbocycles. The number of nitrogens with one attached hydrogen (secondary N) is 2. The Morgan fingerprint density at radius 1 is 0.920 bits per heavy atom. The molecule has 278 valence electrons. The first-order valence-corrected chi connectivity index (χ1v) is 17.3. The second-order valence-electron chi connectivity index (χ2n) is 15.2. The number of carbonyl (C=O) groups is 7. The number of ether oxygens (including phenoxy) is 2. The number of carbonyl (C=O) groups excluding carboxylic acids is 7. The van der Waals surface area contributed by atoms with Gasteiger partial charge < -0.3 is 30.7 Å². The summed E-state index contributed by atoms with van der Waals surface area (Å²) in [5.74, 6) is -5.16. The highest BCUT2D eigenvalue weighted by Gasteiger charge is 2.45. The maximum atomic E-state index is 14.0. The summed E-state index contributed by atoms with van der Waals surface area (Å²) in [4.78, 5) is 93.0. The minimum absolute atomic E-state index is 0.0987. The maximum absolute atomic E-state index is 14.0. The molecular weight excluding hydrogens is 644 g/mol. The van der Waals surface area contributed by atoms with Gasteiger partial charge in [-0.05, 0) is 59.4 Å². The maximum Gasteiger partial charge on any atom is 0.408 e. The second kappa shape index (κ2) is 18.2. The summed E-state index contributed by atoms with van der Waals surface area (Å²) in [7, 11) is 0. The Bertz CT molecular complexity index is 1380. The van der Waals surface area contributed by atoms with Gasteiger partial charge in [-0.25, -0.2) is 4.79 Å². The molecule has 0 aromatic heterocycles. The molecule has 2 rings (SSSR count). The van der Waals surface area contributed by atoms with Gasteiger partial charge in [-0.15, -0.1) is 0 Å². The van der Waals surface area contributed by atoms with E-state index in [9.17, 15) is 33.6 Å². The van der Waals surface area contributed by atoms with Gasteiger partial charge >= 0.3 is 6.09 Å². The average molecular weight is 701 g/mol. The number of hydrogen-bond donors (Lipinski definition) is 3. The molecule has 1 aromatic rings. The molecule has 1 saturated heterocycles. The number of alkyl carbamates (subject to hydrolysis) is 1. The third-order valence-electron chi connectivity index (χ3n) is 8.07. The number of ketones is 3. The van der Waals surface area contributed by atoms with E-state index in [0.717, 1.165) is 0 Å². The zero-order valence-electron chi connectivity index (χ0n) is 31.0. The van der Waals surface area contributed by atoms with Crippen LogP contribution in [0.4, 0.5) is 4.79 Å². The number of nitrogens with zero attached hydrogens (tertiary/aromatic N) is 1. The van der Waals surface area contributed by atoms with Crippen LogP contribution in [0.3, 0.4) is 0 Å². The van der Waals surface area contributed by atoms with Crippen molar-refractivity contribution in [2.75, 3.05) is 6.54 Å². The molecular formula is C37H56N4O9. The molecule has 4 N–H and O–H groups in total. The van der Waals surface area contributed by atoms with Gasteiger partial charge in [-0.3, -0.25) is 28.8 Å². The fourth-order valence-electron chi connectivity index (χ4n) is 5.89. The van der Waals surface area contributed by atoms with Crippen molar-refractivity contribution >= 4 is 41.2 Å². The lowest BCUT2D eigenvalue weighted by molar-refractivity contribution is -0.143. The summed E-state index contributed by atoms with van der Waals surface area (Å²) < 4.78 is 11.5. The molecule has 0 bridgehead atoms. The zero-order chi connectivity index (χ0) is 38.0. The molecule has 13 heteroatoms. The van der Waals surface area contributed by atoms with Gasteiger partial charge in [0.25, 0.3) is 0 Å². The van der Waals surface area contributed by atoms with Gasteiger partial charge in [0.2, 0.25) is 23.5 Å². The SMILES string of the molecule is CCCC(CC(=O)[C@@H]1C[C@@H](OC(C)(C)C)CN1C(=O)[C@@H](NC(=O)OC(C)(C)C)C(C)C)C(=O)C(=O)CCC(=O)N[C@H](C(N)=O)c1ccccc1. The summed E-state index contributed by atoms with van der Waals surface area (Å²) in [5, 5.41) is 5.17. The predicted molar refractivity (Wildman–Crippen MR) is 187 cm³/mol.